The van der Waals surface area contributed by atoms with Gasteiger partial charge in [-0.3, -0.25) is 4.79 Å². The minimum absolute atomic E-state index is 0.0693. The molecule has 1 rings (SSSR count). The Labute approximate surface area is 98.0 Å². The summed E-state index contributed by atoms with van der Waals surface area (Å²) in [5, 5.41) is 12.2. The number of amides is 1. The lowest BCUT2D eigenvalue weighted by atomic mass is 9.91. The third-order valence-electron chi connectivity index (χ3n) is 3.07. The molecule has 0 aromatic carbocycles. The van der Waals surface area contributed by atoms with E-state index >= 15 is 0 Å². The number of carbonyl (C=O) groups excluding carboxylic acids is 1. The van der Waals surface area contributed by atoms with Crippen LogP contribution in [-0.4, -0.2) is 47.7 Å². The van der Waals surface area contributed by atoms with Gasteiger partial charge in [0.1, 0.15) is 0 Å². The van der Waals surface area contributed by atoms with E-state index in [0.717, 1.165) is 19.4 Å². The first-order chi connectivity index (χ1) is 7.65. The predicted molar refractivity (Wildman–Crippen MR) is 64.2 cm³/mol. The number of aliphatic hydroxyl groups is 1. The average Bonchev–Trinajstić information content (AvgIpc) is 2.13. The van der Waals surface area contributed by atoms with Crippen molar-refractivity contribution in [1.82, 2.24) is 10.2 Å². The van der Waals surface area contributed by atoms with E-state index in [2.05, 4.69) is 19.2 Å². The van der Waals surface area contributed by atoms with Crippen molar-refractivity contribution in [3.8, 4) is 0 Å². The molecule has 2 N–H and O–H groups in total. The molecule has 0 bridgehead atoms. The summed E-state index contributed by atoms with van der Waals surface area (Å²) in [4.78, 5) is 13.8. The molecule has 0 aliphatic heterocycles. The lowest BCUT2D eigenvalue weighted by Crippen LogP contribution is -2.46. The Morgan fingerprint density at radius 3 is 2.62 bits per heavy atom. The van der Waals surface area contributed by atoms with Gasteiger partial charge in [0, 0.05) is 31.6 Å². The van der Waals surface area contributed by atoms with Gasteiger partial charge in [-0.25, -0.2) is 0 Å². The van der Waals surface area contributed by atoms with Gasteiger partial charge in [-0.1, -0.05) is 13.8 Å². The molecule has 4 nitrogen and oxygen atoms in total. The molecule has 1 aliphatic rings. The fraction of sp³-hybridized carbons (Fsp3) is 0.917. The van der Waals surface area contributed by atoms with Crippen molar-refractivity contribution in [3.63, 3.8) is 0 Å². The van der Waals surface area contributed by atoms with Gasteiger partial charge in [-0.05, 0) is 19.3 Å². The smallest absolute Gasteiger partial charge is 0.224 e. The van der Waals surface area contributed by atoms with E-state index in [0.29, 0.717) is 25.0 Å². The first kappa shape index (κ1) is 13.5. The third kappa shape index (κ3) is 4.10. The van der Waals surface area contributed by atoms with E-state index in [1.54, 1.807) is 0 Å². The Morgan fingerprint density at radius 2 is 2.19 bits per heavy atom. The zero-order valence-corrected chi connectivity index (χ0v) is 10.4. The molecular formula is C12H24N2O2. The number of nitrogens with zero attached hydrogens (tertiary/aromatic N) is 1. The van der Waals surface area contributed by atoms with Gasteiger partial charge in [0.05, 0.1) is 6.61 Å². The van der Waals surface area contributed by atoms with Gasteiger partial charge in [0.25, 0.3) is 0 Å². The molecule has 0 unspecified atom stereocenters. The fourth-order valence-corrected chi connectivity index (χ4v) is 1.93. The molecule has 0 atom stereocenters. The zero-order chi connectivity index (χ0) is 12.0. The maximum absolute atomic E-state index is 11.9. The van der Waals surface area contributed by atoms with E-state index in [-0.39, 0.29) is 12.5 Å². The molecule has 1 fully saturated rings. The Bertz CT molecular complexity index is 215. The van der Waals surface area contributed by atoms with Crippen LogP contribution < -0.4 is 5.32 Å². The quantitative estimate of drug-likeness (QED) is 0.676. The molecule has 16 heavy (non-hydrogen) atoms. The number of hydrogen-bond donors (Lipinski definition) is 2. The van der Waals surface area contributed by atoms with Crippen molar-refractivity contribution >= 4 is 5.91 Å². The minimum atomic E-state index is 0.0693. The molecule has 0 saturated heterocycles. The van der Waals surface area contributed by atoms with Crippen LogP contribution >= 0.6 is 0 Å². The molecule has 4 heteroatoms. The molecule has 0 spiro atoms. The molecule has 0 radical (unpaired) electrons. The summed E-state index contributed by atoms with van der Waals surface area (Å²) in [5.41, 5.74) is 0. The number of nitrogens with one attached hydrogen (secondary N) is 1. The number of rotatable bonds is 7. The van der Waals surface area contributed by atoms with Crippen LogP contribution in [0.3, 0.4) is 0 Å². The van der Waals surface area contributed by atoms with Gasteiger partial charge in [-0.2, -0.15) is 0 Å². The van der Waals surface area contributed by atoms with Crippen LogP contribution in [-0.2, 0) is 4.79 Å². The molecule has 1 aliphatic carbocycles. The van der Waals surface area contributed by atoms with Gasteiger partial charge < -0.3 is 15.3 Å². The fourth-order valence-electron chi connectivity index (χ4n) is 1.93. The topological polar surface area (TPSA) is 52.6 Å². The summed E-state index contributed by atoms with van der Waals surface area (Å²) in [6.07, 6.45) is 3.95. The molecule has 1 amide bonds. The van der Waals surface area contributed by atoms with Crippen LogP contribution in [0.4, 0.5) is 0 Å². The summed E-state index contributed by atoms with van der Waals surface area (Å²) in [5.74, 6) is 0.173. The zero-order valence-electron chi connectivity index (χ0n) is 10.4. The van der Waals surface area contributed by atoms with Crippen LogP contribution in [0.25, 0.3) is 0 Å². The standard InChI is InChI=1S/C12H24N2O2/c1-10(2)13-7-6-12(16)14(8-9-15)11-4-3-5-11/h10-11,13,15H,3-9H2,1-2H3. The summed E-state index contributed by atoms with van der Waals surface area (Å²) in [6.45, 7) is 5.43. The Kier molecular flexibility index (Phi) is 5.77. The maximum Gasteiger partial charge on any atom is 0.224 e. The summed E-state index contributed by atoms with van der Waals surface area (Å²) in [6, 6.07) is 0.807. The Balaban J connectivity index is 2.29. The molecule has 0 aromatic rings. The maximum atomic E-state index is 11.9. The van der Waals surface area contributed by atoms with Crippen LogP contribution in [0.15, 0.2) is 0 Å². The summed E-state index contributed by atoms with van der Waals surface area (Å²) >= 11 is 0. The monoisotopic (exact) mass is 228 g/mol. The van der Waals surface area contributed by atoms with Gasteiger partial charge in [0.15, 0.2) is 0 Å². The molecule has 1 saturated carbocycles. The lowest BCUT2D eigenvalue weighted by molar-refractivity contribution is -0.135. The highest BCUT2D eigenvalue weighted by Gasteiger charge is 2.27. The van der Waals surface area contributed by atoms with E-state index in [1.807, 2.05) is 4.90 Å². The van der Waals surface area contributed by atoms with Crippen molar-refractivity contribution in [2.75, 3.05) is 19.7 Å². The SMILES string of the molecule is CC(C)NCCC(=O)N(CCO)C1CCC1. The minimum Gasteiger partial charge on any atom is -0.395 e. The van der Waals surface area contributed by atoms with Crippen LogP contribution in [0.2, 0.25) is 0 Å². The van der Waals surface area contributed by atoms with Crippen LogP contribution in [0.5, 0.6) is 0 Å². The van der Waals surface area contributed by atoms with Gasteiger partial charge >= 0.3 is 0 Å². The number of aliphatic hydroxyl groups excluding tert-OH is 1. The largest absolute Gasteiger partial charge is 0.395 e. The molecule has 0 aromatic heterocycles. The summed E-state index contributed by atoms with van der Waals surface area (Å²) < 4.78 is 0. The summed E-state index contributed by atoms with van der Waals surface area (Å²) in [7, 11) is 0. The normalized spacial score (nSPS) is 16.2. The van der Waals surface area contributed by atoms with Crippen LogP contribution in [0, 0.1) is 0 Å². The van der Waals surface area contributed by atoms with Gasteiger partial charge in [0.2, 0.25) is 5.91 Å². The Hall–Kier alpha value is -0.610. The highest BCUT2D eigenvalue weighted by Crippen LogP contribution is 2.24. The van der Waals surface area contributed by atoms with Crippen molar-refractivity contribution < 1.29 is 9.90 Å². The van der Waals surface area contributed by atoms with Crippen molar-refractivity contribution in [2.45, 2.75) is 51.6 Å². The Morgan fingerprint density at radius 1 is 1.50 bits per heavy atom. The van der Waals surface area contributed by atoms with Crippen molar-refractivity contribution in [2.24, 2.45) is 0 Å². The second-order valence-corrected chi connectivity index (χ2v) is 4.75. The first-order valence-electron chi connectivity index (χ1n) is 6.29. The number of hydrogen-bond acceptors (Lipinski definition) is 3. The van der Waals surface area contributed by atoms with E-state index in [1.165, 1.54) is 6.42 Å². The molecule has 94 valence electrons. The molecular weight excluding hydrogens is 204 g/mol. The third-order valence-corrected chi connectivity index (χ3v) is 3.07. The van der Waals surface area contributed by atoms with Gasteiger partial charge in [-0.15, -0.1) is 0 Å². The first-order valence-corrected chi connectivity index (χ1v) is 6.29. The van der Waals surface area contributed by atoms with Crippen molar-refractivity contribution in [3.05, 3.63) is 0 Å². The highest BCUT2D eigenvalue weighted by atomic mass is 16.3. The number of carbonyl (C=O) groups is 1. The van der Waals surface area contributed by atoms with E-state index in [4.69, 9.17) is 5.11 Å². The van der Waals surface area contributed by atoms with Crippen molar-refractivity contribution in [1.29, 1.82) is 0 Å². The molecule has 0 heterocycles. The van der Waals surface area contributed by atoms with E-state index < -0.39 is 0 Å². The average molecular weight is 228 g/mol. The lowest BCUT2D eigenvalue weighted by Gasteiger charge is -2.37. The highest BCUT2D eigenvalue weighted by molar-refractivity contribution is 5.76. The second-order valence-electron chi connectivity index (χ2n) is 4.75. The second kappa shape index (κ2) is 6.86. The van der Waals surface area contributed by atoms with Crippen LogP contribution in [0.1, 0.15) is 39.5 Å². The predicted octanol–water partition coefficient (Wildman–Crippen LogP) is 0.748. The van der Waals surface area contributed by atoms with E-state index in [9.17, 15) is 4.79 Å².